The molecule has 1 aliphatic heterocycles. The van der Waals surface area contributed by atoms with E-state index in [-0.39, 0.29) is 23.7 Å². The number of aromatic nitrogens is 1. The molecule has 3 rings (SSSR count). The number of aliphatic hydroxyl groups is 1. The first kappa shape index (κ1) is 19.7. The van der Waals surface area contributed by atoms with Crippen LogP contribution in [0.5, 0.6) is 0 Å². The second-order valence-corrected chi connectivity index (χ2v) is 6.99. The number of hydrogen-bond acceptors (Lipinski definition) is 6. The molecule has 2 heterocycles. The molecule has 1 aromatic heterocycles. The van der Waals surface area contributed by atoms with Gasteiger partial charge in [0.1, 0.15) is 17.8 Å². The van der Waals surface area contributed by atoms with E-state index < -0.39 is 16.3 Å². The fraction of sp³-hybridized carbons (Fsp3) is 0.368. The van der Waals surface area contributed by atoms with E-state index in [0.29, 0.717) is 37.3 Å². The Bertz CT molecular complexity index is 897. The highest BCUT2D eigenvalue weighted by molar-refractivity contribution is 5.94. The van der Waals surface area contributed by atoms with Gasteiger partial charge in [0.05, 0.1) is 10.5 Å². The van der Waals surface area contributed by atoms with Crippen LogP contribution in [0.2, 0.25) is 0 Å². The van der Waals surface area contributed by atoms with Crippen LogP contribution in [0.1, 0.15) is 28.8 Å². The van der Waals surface area contributed by atoms with Crippen molar-refractivity contribution in [2.45, 2.75) is 25.4 Å². The maximum Gasteiger partial charge on any atom is 0.290 e. The van der Waals surface area contributed by atoms with Crippen LogP contribution in [0.25, 0.3) is 0 Å². The number of piperidine rings is 1. The van der Waals surface area contributed by atoms with Crippen molar-refractivity contribution in [3.63, 3.8) is 0 Å². The van der Waals surface area contributed by atoms with Crippen molar-refractivity contribution in [3.05, 3.63) is 63.6 Å². The summed E-state index contributed by atoms with van der Waals surface area (Å²) in [6.07, 6.45) is 1.89. The third-order valence-electron chi connectivity index (χ3n) is 4.93. The molecule has 28 heavy (non-hydrogen) atoms. The van der Waals surface area contributed by atoms with Crippen LogP contribution >= 0.6 is 0 Å². The van der Waals surface area contributed by atoms with Crippen LogP contribution in [0.4, 0.5) is 15.9 Å². The lowest BCUT2D eigenvalue weighted by Crippen LogP contribution is -2.50. The number of nitrogens with zero attached hydrogens (tertiary/aromatic N) is 3. The van der Waals surface area contributed by atoms with Crippen molar-refractivity contribution in [1.82, 2.24) is 9.88 Å². The lowest BCUT2D eigenvalue weighted by Gasteiger charge is -2.38. The van der Waals surface area contributed by atoms with Crippen molar-refractivity contribution in [2.24, 2.45) is 0 Å². The van der Waals surface area contributed by atoms with Gasteiger partial charge in [0.15, 0.2) is 0 Å². The Kier molecular flexibility index (Phi) is 5.55. The molecular weight excluding hydrogens is 367 g/mol. The number of carbonyl (C=O) groups excluding carboxylic acids is 1. The largest absolute Gasteiger partial charge is 0.388 e. The first-order valence-electron chi connectivity index (χ1n) is 8.89. The number of aryl methyl sites for hydroxylation is 1. The van der Waals surface area contributed by atoms with Gasteiger partial charge in [-0.25, -0.2) is 9.37 Å². The van der Waals surface area contributed by atoms with Crippen LogP contribution in [0.3, 0.4) is 0 Å². The quantitative estimate of drug-likeness (QED) is 0.602. The van der Waals surface area contributed by atoms with Gasteiger partial charge in [-0.05, 0) is 44.0 Å². The number of pyridine rings is 1. The number of halogens is 1. The summed E-state index contributed by atoms with van der Waals surface area (Å²) in [6, 6.07) is 7.10. The average molecular weight is 388 g/mol. The highest BCUT2D eigenvalue weighted by atomic mass is 19.1. The smallest absolute Gasteiger partial charge is 0.290 e. The van der Waals surface area contributed by atoms with E-state index in [1.807, 2.05) is 0 Å². The highest BCUT2D eigenvalue weighted by Crippen LogP contribution is 2.25. The molecule has 0 radical (unpaired) electrons. The number of nitrogens with one attached hydrogen (secondary N) is 1. The van der Waals surface area contributed by atoms with Crippen LogP contribution in [-0.2, 0) is 0 Å². The van der Waals surface area contributed by atoms with Crippen LogP contribution in [0.15, 0.2) is 36.5 Å². The lowest BCUT2D eigenvalue weighted by molar-refractivity contribution is -0.385. The normalized spacial score (nSPS) is 15.9. The van der Waals surface area contributed by atoms with Gasteiger partial charge in [0, 0.05) is 30.8 Å². The molecule has 0 atom stereocenters. The third-order valence-corrected chi connectivity index (χ3v) is 4.93. The topological polar surface area (TPSA) is 109 Å². The molecule has 0 unspecified atom stereocenters. The number of anilines is 1. The van der Waals surface area contributed by atoms with E-state index in [0.717, 1.165) is 0 Å². The minimum Gasteiger partial charge on any atom is -0.388 e. The van der Waals surface area contributed by atoms with Crippen molar-refractivity contribution in [3.8, 4) is 0 Å². The van der Waals surface area contributed by atoms with Crippen molar-refractivity contribution in [2.75, 3.05) is 25.0 Å². The second kappa shape index (κ2) is 7.89. The molecule has 0 aliphatic carbocycles. The number of rotatable bonds is 5. The minimum absolute atomic E-state index is 0.0616. The molecule has 2 N–H and O–H groups in total. The van der Waals surface area contributed by atoms with Crippen LogP contribution in [0, 0.1) is 22.9 Å². The Balaban J connectivity index is 1.57. The molecule has 8 nitrogen and oxygen atoms in total. The van der Waals surface area contributed by atoms with E-state index in [9.17, 15) is 24.4 Å². The Labute approximate surface area is 161 Å². The predicted octanol–water partition coefficient (Wildman–Crippen LogP) is 2.52. The molecule has 1 aromatic carbocycles. The maximum absolute atomic E-state index is 13.3. The first-order chi connectivity index (χ1) is 13.3. The summed E-state index contributed by atoms with van der Waals surface area (Å²) in [5.74, 6) is -0.286. The summed E-state index contributed by atoms with van der Waals surface area (Å²) in [5.41, 5.74) is -0.330. The predicted molar refractivity (Wildman–Crippen MR) is 101 cm³/mol. The fourth-order valence-corrected chi connectivity index (χ4v) is 3.20. The molecule has 1 amide bonds. The number of hydrogen-bond donors (Lipinski definition) is 2. The van der Waals surface area contributed by atoms with Gasteiger partial charge >= 0.3 is 0 Å². The average Bonchev–Trinajstić information content (AvgIpc) is 2.66. The standard InChI is InChI=1S/C19H21FN4O4/c1-13-9-17(21-11-16(13)24(27)28)22-12-19(26)5-7-23(8-6-19)18(25)14-3-2-4-15(20)10-14/h2-4,9-11,26H,5-8,12H2,1H3,(H,21,22). The Morgan fingerprint density at radius 1 is 1.39 bits per heavy atom. The van der Waals surface area contributed by atoms with E-state index in [2.05, 4.69) is 10.3 Å². The van der Waals surface area contributed by atoms with Gasteiger partial charge in [-0.1, -0.05) is 6.07 Å². The zero-order chi connectivity index (χ0) is 20.3. The summed E-state index contributed by atoms with van der Waals surface area (Å²) in [4.78, 5) is 28.4. The summed E-state index contributed by atoms with van der Waals surface area (Å²) in [5, 5.41) is 24.6. The molecular formula is C19H21FN4O4. The molecule has 1 fully saturated rings. The van der Waals surface area contributed by atoms with E-state index in [1.54, 1.807) is 24.0 Å². The minimum atomic E-state index is -1.03. The van der Waals surface area contributed by atoms with Gasteiger partial charge in [-0.2, -0.15) is 0 Å². The summed E-state index contributed by atoms with van der Waals surface area (Å²) >= 11 is 0. The number of amides is 1. The van der Waals surface area contributed by atoms with E-state index in [1.165, 1.54) is 24.4 Å². The van der Waals surface area contributed by atoms with Gasteiger partial charge in [-0.3, -0.25) is 14.9 Å². The SMILES string of the molecule is Cc1cc(NCC2(O)CCN(C(=O)c3cccc(F)c3)CC2)ncc1[N+](=O)[O-]. The molecule has 2 aromatic rings. The molecule has 0 spiro atoms. The fourth-order valence-electron chi connectivity index (χ4n) is 3.20. The van der Waals surface area contributed by atoms with E-state index >= 15 is 0 Å². The van der Waals surface area contributed by atoms with Crippen LogP contribution in [-0.4, -0.2) is 51.1 Å². The van der Waals surface area contributed by atoms with E-state index in [4.69, 9.17) is 0 Å². The number of carbonyl (C=O) groups is 1. The number of nitro groups is 1. The van der Waals surface area contributed by atoms with Crippen molar-refractivity contribution in [1.29, 1.82) is 0 Å². The number of likely N-dealkylation sites (tertiary alicyclic amines) is 1. The second-order valence-electron chi connectivity index (χ2n) is 6.99. The Morgan fingerprint density at radius 2 is 2.11 bits per heavy atom. The van der Waals surface area contributed by atoms with Gasteiger partial charge < -0.3 is 15.3 Å². The lowest BCUT2D eigenvalue weighted by atomic mass is 9.91. The molecule has 1 saturated heterocycles. The molecule has 0 bridgehead atoms. The highest BCUT2D eigenvalue weighted by Gasteiger charge is 2.34. The molecule has 1 aliphatic rings. The van der Waals surface area contributed by atoms with Gasteiger partial charge in [-0.15, -0.1) is 0 Å². The summed E-state index contributed by atoms with van der Waals surface area (Å²) < 4.78 is 13.3. The zero-order valence-electron chi connectivity index (χ0n) is 15.4. The summed E-state index contributed by atoms with van der Waals surface area (Å²) in [7, 11) is 0. The molecule has 9 heteroatoms. The van der Waals surface area contributed by atoms with Crippen LogP contribution < -0.4 is 5.32 Å². The maximum atomic E-state index is 13.3. The Morgan fingerprint density at radius 3 is 2.71 bits per heavy atom. The van der Waals surface area contributed by atoms with Gasteiger partial charge in [0.2, 0.25) is 0 Å². The zero-order valence-corrected chi connectivity index (χ0v) is 15.4. The Hall–Kier alpha value is -3.07. The molecule has 0 saturated carbocycles. The monoisotopic (exact) mass is 388 g/mol. The first-order valence-corrected chi connectivity index (χ1v) is 8.89. The summed E-state index contributed by atoms with van der Waals surface area (Å²) in [6.45, 7) is 2.52. The third kappa shape index (κ3) is 4.42. The van der Waals surface area contributed by atoms with Crippen molar-refractivity contribution >= 4 is 17.4 Å². The van der Waals surface area contributed by atoms with Gasteiger partial charge in [0.25, 0.3) is 11.6 Å². The van der Waals surface area contributed by atoms with Crippen molar-refractivity contribution < 1.29 is 19.2 Å². The molecule has 148 valence electrons. The number of benzene rings is 1.